The lowest BCUT2D eigenvalue weighted by Crippen LogP contribution is -2.45. The Morgan fingerprint density at radius 1 is 1.02 bits per heavy atom. The Morgan fingerprint density at radius 3 is 2.48 bits per heavy atom. The number of piperazine rings is 1. The van der Waals surface area contributed by atoms with Gasteiger partial charge >= 0.3 is 0 Å². The highest BCUT2D eigenvalue weighted by Gasteiger charge is 2.29. The van der Waals surface area contributed by atoms with E-state index in [-0.39, 0.29) is 5.92 Å². The van der Waals surface area contributed by atoms with Crippen LogP contribution in [-0.4, -0.2) is 76.2 Å². The number of carbonyl (C=O) groups excluding carboxylic acids is 1. The maximum absolute atomic E-state index is 12.2. The molecule has 10 nitrogen and oxygen atoms in total. The number of nitrogens with zero attached hydrogens (tertiary/aromatic N) is 6. The fourth-order valence-electron chi connectivity index (χ4n) is 4.55. The lowest BCUT2D eigenvalue weighted by molar-refractivity contribution is -0.119. The van der Waals surface area contributed by atoms with Crippen molar-refractivity contribution in [3.63, 3.8) is 0 Å². The second-order valence-electron chi connectivity index (χ2n) is 10.2. The fourth-order valence-corrected chi connectivity index (χ4v) is 5.29. The van der Waals surface area contributed by atoms with Gasteiger partial charge in [0, 0.05) is 49.5 Å². The number of hydrogen-bond donors (Lipinski definition) is 2. The summed E-state index contributed by atoms with van der Waals surface area (Å²) in [5.41, 5.74) is 2.91. The fraction of sp³-hybridized carbons (Fsp3) is 0.345. The molecule has 0 unspecified atom stereocenters. The first-order chi connectivity index (χ1) is 19.5. The van der Waals surface area contributed by atoms with Crippen LogP contribution in [0.5, 0.6) is 5.75 Å². The van der Waals surface area contributed by atoms with Gasteiger partial charge in [-0.25, -0.2) is 0 Å². The maximum atomic E-state index is 12.2. The minimum atomic E-state index is 0.278. The van der Waals surface area contributed by atoms with Crippen LogP contribution in [0.1, 0.15) is 18.4 Å². The van der Waals surface area contributed by atoms with Crippen LogP contribution in [0.25, 0.3) is 11.3 Å². The van der Waals surface area contributed by atoms with E-state index in [0.717, 1.165) is 66.5 Å². The van der Waals surface area contributed by atoms with Crippen LogP contribution < -0.4 is 15.0 Å². The van der Waals surface area contributed by atoms with E-state index in [4.69, 9.17) is 19.7 Å². The lowest BCUT2D eigenvalue weighted by atomic mass is 10.1. The molecule has 1 saturated heterocycles. The van der Waals surface area contributed by atoms with Crippen LogP contribution in [0, 0.1) is 5.92 Å². The second kappa shape index (κ2) is 11.6. The molecule has 0 bridgehead atoms. The number of rotatable bonds is 10. The number of H-pyrrole nitrogens is 1. The highest BCUT2D eigenvalue weighted by atomic mass is 32.2. The molecular weight excluding hydrogens is 524 g/mol. The Morgan fingerprint density at radius 2 is 1.77 bits per heavy atom. The molecule has 2 aromatic carbocycles. The average Bonchev–Trinajstić information content (AvgIpc) is 3.73. The van der Waals surface area contributed by atoms with Crippen molar-refractivity contribution in [1.82, 2.24) is 30.0 Å². The molecule has 2 fully saturated rings. The molecule has 4 aromatic rings. The number of aromatic amines is 1. The number of benzene rings is 2. The van der Waals surface area contributed by atoms with Gasteiger partial charge in [-0.15, -0.1) is 0 Å². The summed E-state index contributed by atoms with van der Waals surface area (Å²) < 4.78 is 5.26. The molecule has 2 aliphatic rings. The van der Waals surface area contributed by atoms with Gasteiger partial charge in [0.25, 0.3) is 0 Å². The van der Waals surface area contributed by atoms with E-state index in [9.17, 15) is 4.79 Å². The molecule has 0 amide bonds. The topological polar surface area (TPSA) is 112 Å². The van der Waals surface area contributed by atoms with Gasteiger partial charge < -0.3 is 19.9 Å². The lowest BCUT2D eigenvalue weighted by Gasteiger charge is -2.32. The number of likely N-dealkylation sites (N-methyl/N-ethyl adjacent to an activating group) is 1. The van der Waals surface area contributed by atoms with Gasteiger partial charge in [-0.1, -0.05) is 12.1 Å². The summed E-state index contributed by atoms with van der Waals surface area (Å²) in [7, 11) is 3.77. The smallest absolute Gasteiger partial charge is 0.234 e. The first-order valence-electron chi connectivity index (χ1n) is 13.5. The van der Waals surface area contributed by atoms with Crippen molar-refractivity contribution in [2.24, 2.45) is 5.92 Å². The molecule has 40 heavy (non-hydrogen) atoms. The third-order valence-electron chi connectivity index (χ3n) is 7.15. The Hall–Kier alpha value is -3.96. The van der Waals surface area contributed by atoms with E-state index >= 15 is 0 Å². The number of aromatic nitrogens is 5. The Bertz CT molecular complexity index is 1460. The molecule has 206 valence electrons. The van der Waals surface area contributed by atoms with E-state index in [1.807, 2.05) is 54.6 Å². The van der Waals surface area contributed by atoms with Gasteiger partial charge in [-0.05, 0) is 79.2 Å². The number of nitrogens with one attached hydrogen (secondary N) is 2. The minimum absolute atomic E-state index is 0.278. The molecule has 0 spiro atoms. The van der Waals surface area contributed by atoms with Gasteiger partial charge in [0.1, 0.15) is 11.5 Å². The molecular formula is C29H32N8O2S. The van der Waals surface area contributed by atoms with Crippen molar-refractivity contribution in [2.75, 3.05) is 50.6 Å². The predicted molar refractivity (Wildman–Crippen MR) is 155 cm³/mol. The van der Waals surface area contributed by atoms with Gasteiger partial charge in [-0.3, -0.25) is 9.89 Å². The standard InChI is InChI=1S/C29H32N8O2S/c1-36-13-15-37(16-14-36)28-31-27(30-26-18-24(34-35-26)20-7-9-22(39-2)10-8-20)32-29(33-28)40-23-11-3-19(4-12-23)17-25(38)21-5-6-21/h3-4,7-12,18,21H,5-6,13-17H2,1-2H3,(H2,30,31,32,33,34,35). The highest BCUT2D eigenvalue weighted by Crippen LogP contribution is 2.32. The number of hydrogen-bond acceptors (Lipinski definition) is 10. The van der Waals surface area contributed by atoms with Crippen LogP contribution in [0.15, 0.2) is 64.6 Å². The summed E-state index contributed by atoms with van der Waals surface area (Å²) in [5, 5.41) is 11.4. The van der Waals surface area contributed by atoms with Crippen LogP contribution >= 0.6 is 11.8 Å². The van der Waals surface area contributed by atoms with Crippen LogP contribution in [0.4, 0.5) is 17.7 Å². The number of ketones is 1. The Kier molecular flexibility index (Phi) is 7.65. The molecule has 1 aliphatic heterocycles. The zero-order valence-electron chi connectivity index (χ0n) is 22.6. The second-order valence-corrected chi connectivity index (χ2v) is 11.3. The number of Topliss-reactive ketones (excluding diaryl/α,β-unsaturated/α-hetero) is 1. The van der Waals surface area contributed by atoms with Crippen molar-refractivity contribution in [2.45, 2.75) is 29.3 Å². The van der Waals surface area contributed by atoms with Crippen LogP contribution in [0.2, 0.25) is 0 Å². The zero-order valence-corrected chi connectivity index (χ0v) is 23.4. The first kappa shape index (κ1) is 26.3. The first-order valence-corrected chi connectivity index (χ1v) is 14.3. The summed E-state index contributed by atoms with van der Waals surface area (Å²) >= 11 is 1.48. The number of anilines is 3. The van der Waals surface area contributed by atoms with Crippen LogP contribution in [0.3, 0.4) is 0 Å². The Labute approximate surface area is 237 Å². The van der Waals surface area contributed by atoms with E-state index in [1.165, 1.54) is 11.8 Å². The number of methoxy groups -OCH3 is 1. The molecule has 0 radical (unpaired) electrons. The predicted octanol–water partition coefficient (Wildman–Crippen LogP) is 4.44. The SMILES string of the molecule is COc1ccc(-c2cc(Nc3nc(Sc4ccc(CC(=O)C5CC5)cc4)nc(N4CCN(C)CC4)n3)n[nH]2)cc1. The van der Waals surface area contributed by atoms with E-state index in [1.54, 1.807) is 7.11 Å². The number of carbonyl (C=O) groups is 1. The molecule has 2 aromatic heterocycles. The third kappa shape index (κ3) is 6.43. The highest BCUT2D eigenvalue weighted by molar-refractivity contribution is 7.99. The third-order valence-corrected chi connectivity index (χ3v) is 8.02. The molecule has 0 atom stereocenters. The Balaban J connectivity index is 1.21. The van der Waals surface area contributed by atoms with Gasteiger partial charge in [0.15, 0.2) is 11.0 Å². The molecule has 11 heteroatoms. The summed E-state index contributed by atoms with van der Waals surface area (Å²) in [5.74, 6) is 3.12. The quantitative estimate of drug-likeness (QED) is 0.291. The minimum Gasteiger partial charge on any atom is -0.497 e. The molecule has 2 N–H and O–H groups in total. The van der Waals surface area contributed by atoms with Crippen LogP contribution in [-0.2, 0) is 11.2 Å². The summed E-state index contributed by atoms with van der Waals surface area (Å²) in [6, 6.07) is 17.8. The normalized spacial score (nSPS) is 15.7. The monoisotopic (exact) mass is 556 g/mol. The zero-order chi connectivity index (χ0) is 27.5. The average molecular weight is 557 g/mol. The van der Waals surface area contributed by atoms with E-state index < -0.39 is 0 Å². The van der Waals surface area contributed by atoms with Crippen molar-refractivity contribution < 1.29 is 9.53 Å². The van der Waals surface area contributed by atoms with E-state index in [0.29, 0.717) is 35.1 Å². The molecule has 1 saturated carbocycles. The summed E-state index contributed by atoms with van der Waals surface area (Å²) in [6.45, 7) is 3.58. The van der Waals surface area contributed by atoms with E-state index in [2.05, 4.69) is 32.4 Å². The summed E-state index contributed by atoms with van der Waals surface area (Å²) in [4.78, 5) is 31.9. The maximum Gasteiger partial charge on any atom is 0.234 e. The van der Waals surface area contributed by atoms with Crippen molar-refractivity contribution in [1.29, 1.82) is 0 Å². The van der Waals surface area contributed by atoms with Crippen molar-refractivity contribution in [3.05, 3.63) is 60.2 Å². The summed E-state index contributed by atoms with van der Waals surface area (Å²) in [6.07, 6.45) is 2.59. The number of ether oxygens (including phenoxy) is 1. The molecule has 6 rings (SSSR count). The van der Waals surface area contributed by atoms with Gasteiger partial charge in [0.2, 0.25) is 11.9 Å². The van der Waals surface area contributed by atoms with Gasteiger partial charge in [-0.2, -0.15) is 20.1 Å². The largest absolute Gasteiger partial charge is 0.497 e. The molecule has 1 aliphatic carbocycles. The van der Waals surface area contributed by atoms with Crippen molar-refractivity contribution >= 4 is 35.3 Å². The van der Waals surface area contributed by atoms with Gasteiger partial charge in [0.05, 0.1) is 12.8 Å². The van der Waals surface area contributed by atoms with Crippen molar-refractivity contribution in [3.8, 4) is 17.0 Å². The molecule has 3 heterocycles.